The van der Waals surface area contributed by atoms with Gasteiger partial charge in [0.2, 0.25) is 5.36 Å². The molecule has 4 rings (SSSR count). The molecular weight excluding hydrogens is 364 g/mol. The quantitative estimate of drug-likeness (QED) is 0.635. The van der Waals surface area contributed by atoms with Crippen LogP contribution in [0.1, 0.15) is 12.8 Å². The van der Waals surface area contributed by atoms with Crippen molar-refractivity contribution in [2.45, 2.75) is 18.9 Å². The topological polar surface area (TPSA) is 37.9 Å². The van der Waals surface area contributed by atoms with Crippen LogP contribution in [0.5, 0.6) is 11.5 Å². The van der Waals surface area contributed by atoms with E-state index in [4.69, 9.17) is 13.9 Å². The summed E-state index contributed by atoms with van der Waals surface area (Å²) in [5.74, 6) is 2.22. The molecule has 1 aromatic heterocycles. The standard InChI is InChI=1S/C24H29N2O3/c1-25-13-11-18(12-14-25)26(2)20-16-23(29-21-8-6-5-7-19(20)21)17-9-10-22(27-3)24(15-17)28-4/h5-10,15-16,18H,11-14H2,1-4H3/q+1. The van der Waals surface area contributed by atoms with Crippen molar-refractivity contribution in [3.8, 4) is 22.8 Å². The van der Waals surface area contributed by atoms with Crippen LogP contribution in [0, 0.1) is 0 Å². The zero-order chi connectivity index (χ0) is 20.4. The van der Waals surface area contributed by atoms with Gasteiger partial charge in [0.1, 0.15) is 18.4 Å². The number of rotatable bonds is 4. The number of methoxy groups -OCH3 is 2. The molecule has 0 amide bonds. The molecule has 29 heavy (non-hydrogen) atoms. The first-order valence-corrected chi connectivity index (χ1v) is 10.1. The zero-order valence-electron chi connectivity index (χ0n) is 17.6. The first-order valence-electron chi connectivity index (χ1n) is 10.1. The molecule has 2 heterocycles. The summed E-state index contributed by atoms with van der Waals surface area (Å²) in [6, 6.07) is 16.8. The van der Waals surface area contributed by atoms with Crippen LogP contribution in [-0.4, -0.2) is 52.3 Å². The highest BCUT2D eigenvalue weighted by Gasteiger charge is 2.24. The average Bonchev–Trinajstić information content (AvgIpc) is 2.77. The fraction of sp³-hybridized carbons (Fsp3) is 0.375. The summed E-state index contributed by atoms with van der Waals surface area (Å²) in [7, 11) is 7.70. The minimum atomic E-state index is 0.523. The second-order valence-corrected chi connectivity index (χ2v) is 7.71. The molecule has 1 fully saturated rings. The Morgan fingerprint density at radius 2 is 1.69 bits per heavy atom. The Kier molecular flexibility index (Phi) is 5.58. The van der Waals surface area contributed by atoms with Crippen LogP contribution in [0.3, 0.4) is 0 Å². The molecule has 5 heteroatoms. The maximum absolute atomic E-state index is 6.28. The molecule has 0 aliphatic carbocycles. The van der Waals surface area contributed by atoms with Gasteiger partial charge in [0.25, 0.3) is 0 Å². The van der Waals surface area contributed by atoms with Gasteiger partial charge >= 0.3 is 0 Å². The highest BCUT2D eigenvalue weighted by Crippen LogP contribution is 2.32. The lowest BCUT2D eigenvalue weighted by atomic mass is 10.0. The summed E-state index contributed by atoms with van der Waals surface area (Å²) < 4.78 is 19.6. The number of piperidine rings is 1. The summed E-state index contributed by atoms with van der Waals surface area (Å²) in [5, 5.41) is 2.34. The molecule has 0 radical (unpaired) electrons. The van der Waals surface area contributed by atoms with Gasteiger partial charge in [0.05, 0.1) is 25.7 Å². The van der Waals surface area contributed by atoms with Gasteiger partial charge in [-0.05, 0) is 37.4 Å². The van der Waals surface area contributed by atoms with E-state index >= 15 is 0 Å². The fourth-order valence-electron chi connectivity index (χ4n) is 4.12. The van der Waals surface area contributed by atoms with Gasteiger partial charge in [-0.2, -0.15) is 0 Å². The Morgan fingerprint density at radius 3 is 2.41 bits per heavy atom. The Hall–Kier alpha value is -2.79. The third-order valence-corrected chi connectivity index (χ3v) is 5.93. The van der Waals surface area contributed by atoms with Crippen LogP contribution < -0.4 is 19.4 Å². The Bertz CT molecular complexity index is 1080. The molecule has 0 saturated carbocycles. The minimum absolute atomic E-state index is 0.523. The minimum Gasteiger partial charge on any atom is -0.493 e. The van der Waals surface area contributed by atoms with Crippen molar-refractivity contribution in [3.05, 3.63) is 53.9 Å². The number of benzene rings is 2. The highest BCUT2D eigenvalue weighted by atomic mass is 16.5. The third-order valence-electron chi connectivity index (χ3n) is 5.93. The third kappa shape index (κ3) is 3.87. The Morgan fingerprint density at radius 1 is 0.966 bits per heavy atom. The number of hydrogen-bond donors (Lipinski definition) is 0. The SMILES string of the molecule is COc1ccc(-c2cc(=[N+](C)C3CCN(C)CC3)c3ccccc3o2)cc1OC. The lowest BCUT2D eigenvalue weighted by Crippen LogP contribution is -2.44. The van der Waals surface area contributed by atoms with E-state index in [0.29, 0.717) is 17.5 Å². The average molecular weight is 394 g/mol. The van der Waals surface area contributed by atoms with E-state index in [0.717, 1.165) is 35.4 Å². The Labute approximate surface area is 171 Å². The predicted molar refractivity (Wildman–Crippen MR) is 116 cm³/mol. The summed E-state index contributed by atoms with van der Waals surface area (Å²) in [5.41, 5.74) is 1.85. The van der Waals surface area contributed by atoms with E-state index in [9.17, 15) is 0 Å². The van der Waals surface area contributed by atoms with Crippen molar-refractivity contribution in [1.29, 1.82) is 0 Å². The largest absolute Gasteiger partial charge is 0.493 e. The van der Waals surface area contributed by atoms with Crippen molar-refractivity contribution in [3.63, 3.8) is 0 Å². The van der Waals surface area contributed by atoms with E-state index in [1.54, 1.807) is 14.2 Å². The molecule has 2 aromatic carbocycles. The molecule has 0 bridgehead atoms. The van der Waals surface area contributed by atoms with Crippen molar-refractivity contribution in [2.24, 2.45) is 0 Å². The molecule has 0 atom stereocenters. The monoisotopic (exact) mass is 393 g/mol. The van der Waals surface area contributed by atoms with Crippen molar-refractivity contribution in [1.82, 2.24) is 9.48 Å². The molecule has 3 aromatic rings. The number of fused-ring (bicyclic) bond motifs is 1. The first-order chi connectivity index (χ1) is 14.1. The van der Waals surface area contributed by atoms with Crippen LogP contribution in [0.2, 0.25) is 0 Å². The maximum atomic E-state index is 6.28. The first kappa shape index (κ1) is 19.5. The van der Waals surface area contributed by atoms with Crippen molar-refractivity contribution in [2.75, 3.05) is 41.4 Å². The van der Waals surface area contributed by atoms with E-state index in [1.165, 1.54) is 18.2 Å². The van der Waals surface area contributed by atoms with Crippen LogP contribution in [-0.2, 0) is 0 Å². The Balaban J connectivity index is 1.89. The van der Waals surface area contributed by atoms with Gasteiger partial charge in [-0.3, -0.25) is 0 Å². The van der Waals surface area contributed by atoms with E-state index in [-0.39, 0.29) is 0 Å². The van der Waals surface area contributed by atoms with Crippen molar-refractivity contribution >= 4 is 11.0 Å². The lowest BCUT2D eigenvalue weighted by Gasteiger charge is -2.26. The van der Waals surface area contributed by atoms with Crippen LogP contribution in [0.15, 0.2) is 52.9 Å². The second-order valence-electron chi connectivity index (χ2n) is 7.71. The number of nitrogens with zero attached hydrogens (tertiary/aromatic N) is 2. The van der Waals surface area contributed by atoms with Gasteiger partial charge in [-0.1, -0.05) is 12.1 Å². The van der Waals surface area contributed by atoms with Crippen LogP contribution >= 0.6 is 0 Å². The molecule has 1 aliphatic rings. The normalized spacial score (nSPS) is 16.7. The van der Waals surface area contributed by atoms with Crippen molar-refractivity contribution < 1.29 is 13.9 Å². The molecule has 5 nitrogen and oxygen atoms in total. The predicted octanol–water partition coefficient (Wildman–Crippen LogP) is 3.61. The molecular formula is C24H29N2O3+. The summed E-state index contributed by atoms with van der Waals surface area (Å²) in [6.45, 7) is 2.26. The molecule has 0 spiro atoms. The van der Waals surface area contributed by atoms with Gasteiger partial charge in [0.15, 0.2) is 17.5 Å². The van der Waals surface area contributed by atoms with Gasteiger partial charge in [-0.15, -0.1) is 0 Å². The number of likely N-dealkylation sites (tertiary alicyclic amines) is 1. The zero-order valence-corrected chi connectivity index (χ0v) is 17.6. The summed E-state index contributed by atoms with van der Waals surface area (Å²) in [6.07, 6.45) is 2.33. The smallest absolute Gasteiger partial charge is 0.214 e. The number of para-hydroxylation sites is 1. The van der Waals surface area contributed by atoms with Crippen LogP contribution in [0.25, 0.3) is 22.3 Å². The molecule has 0 N–H and O–H groups in total. The highest BCUT2D eigenvalue weighted by molar-refractivity contribution is 5.78. The number of ether oxygens (including phenoxy) is 2. The second kappa shape index (κ2) is 8.29. The lowest BCUT2D eigenvalue weighted by molar-refractivity contribution is 0.227. The van der Waals surface area contributed by atoms with E-state index in [2.05, 4.69) is 41.8 Å². The van der Waals surface area contributed by atoms with Gasteiger partial charge in [0, 0.05) is 31.5 Å². The molecule has 0 unspecified atom stereocenters. The molecule has 1 aliphatic heterocycles. The van der Waals surface area contributed by atoms with E-state index in [1.807, 2.05) is 30.3 Å². The fourth-order valence-corrected chi connectivity index (χ4v) is 4.12. The summed E-state index contributed by atoms with van der Waals surface area (Å²) >= 11 is 0. The summed E-state index contributed by atoms with van der Waals surface area (Å²) in [4.78, 5) is 2.40. The van der Waals surface area contributed by atoms with Gasteiger partial charge in [-0.25, -0.2) is 4.58 Å². The molecule has 1 saturated heterocycles. The van der Waals surface area contributed by atoms with Gasteiger partial charge < -0.3 is 18.8 Å². The van der Waals surface area contributed by atoms with Crippen LogP contribution in [0.4, 0.5) is 0 Å². The molecule has 152 valence electrons. The maximum Gasteiger partial charge on any atom is 0.214 e. The van der Waals surface area contributed by atoms with E-state index < -0.39 is 0 Å². The number of hydrogen-bond acceptors (Lipinski definition) is 4.